The van der Waals surface area contributed by atoms with Gasteiger partial charge in [0.25, 0.3) is 5.91 Å². The number of aromatic nitrogens is 3. The summed E-state index contributed by atoms with van der Waals surface area (Å²) in [7, 11) is 0. The van der Waals surface area contributed by atoms with Gasteiger partial charge in [0, 0.05) is 28.4 Å². The molecule has 0 fully saturated rings. The molecule has 0 bridgehead atoms. The number of benzene rings is 2. The average molecular weight is 447 g/mol. The standard InChI is InChI=1S/C25H23ClN4O2/c1-14-23-20(7-5-9-22(23)31)29-24(14)25(32)28-17-10-11-18(26)16(12-17)13-30-15(2)27-19-6-3-4-8-21(19)30/h3-4,6,8,10-12,29H,5,7,9,13H2,1-2H3,(H,28,32). The summed E-state index contributed by atoms with van der Waals surface area (Å²) in [4.78, 5) is 33.1. The van der Waals surface area contributed by atoms with Crippen LogP contribution in [0.25, 0.3) is 11.0 Å². The fourth-order valence-corrected chi connectivity index (χ4v) is 4.71. The van der Waals surface area contributed by atoms with Gasteiger partial charge >= 0.3 is 0 Å². The van der Waals surface area contributed by atoms with E-state index in [0.717, 1.165) is 46.5 Å². The zero-order chi connectivity index (χ0) is 22.4. The molecular weight excluding hydrogens is 424 g/mol. The lowest BCUT2D eigenvalue weighted by Gasteiger charge is -2.12. The molecule has 1 amide bonds. The molecule has 0 spiro atoms. The third-order valence-corrected chi connectivity index (χ3v) is 6.51. The number of imidazole rings is 1. The molecule has 162 valence electrons. The number of para-hydroxylation sites is 2. The Kier molecular flexibility index (Phi) is 5.10. The predicted octanol–water partition coefficient (Wildman–Crippen LogP) is 5.45. The number of H-pyrrole nitrogens is 1. The topological polar surface area (TPSA) is 79.8 Å². The van der Waals surface area contributed by atoms with Gasteiger partial charge in [0.2, 0.25) is 0 Å². The van der Waals surface area contributed by atoms with Gasteiger partial charge in [-0.05, 0) is 68.1 Å². The lowest BCUT2D eigenvalue weighted by Crippen LogP contribution is -2.14. The molecule has 4 aromatic rings. The van der Waals surface area contributed by atoms with E-state index in [1.54, 1.807) is 12.1 Å². The van der Waals surface area contributed by atoms with Gasteiger partial charge in [-0.2, -0.15) is 0 Å². The van der Waals surface area contributed by atoms with Gasteiger partial charge in [-0.1, -0.05) is 23.7 Å². The van der Waals surface area contributed by atoms with Crippen LogP contribution >= 0.6 is 11.6 Å². The number of amides is 1. The van der Waals surface area contributed by atoms with E-state index in [-0.39, 0.29) is 11.7 Å². The van der Waals surface area contributed by atoms with Crippen molar-refractivity contribution in [2.75, 3.05) is 5.32 Å². The summed E-state index contributed by atoms with van der Waals surface area (Å²) in [5.41, 5.74) is 6.21. The molecule has 32 heavy (non-hydrogen) atoms. The first kappa shape index (κ1) is 20.5. The highest BCUT2D eigenvalue weighted by molar-refractivity contribution is 6.31. The van der Waals surface area contributed by atoms with Crippen LogP contribution in [-0.4, -0.2) is 26.2 Å². The third kappa shape index (κ3) is 3.50. The van der Waals surface area contributed by atoms with Crippen molar-refractivity contribution in [2.24, 2.45) is 0 Å². The third-order valence-electron chi connectivity index (χ3n) is 6.14. The number of aromatic amines is 1. The number of ketones is 1. The first-order chi connectivity index (χ1) is 15.4. The van der Waals surface area contributed by atoms with Gasteiger partial charge in [0.15, 0.2) is 5.78 Å². The highest BCUT2D eigenvalue weighted by atomic mass is 35.5. The molecule has 0 atom stereocenters. The second-order valence-electron chi connectivity index (χ2n) is 8.25. The van der Waals surface area contributed by atoms with Crippen molar-refractivity contribution in [1.82, 2.24) is 14.5 Å². The molecule has 2 N–H and O–H groups in total. The summed E-state index contributed by atoms with van der Waals surface area (Å²) in [6.45, 7) is 4.34. The summed E-state index contributed by atoms with van der Waals surface area (Å²) in [5.74, 6) is 0.743. The number of nitrogens with zero attached hydrogens (tertiary/aromatic N) is 2. The maximum absolute atomic E-state index is 13.0. The highest BCUT2D eigenvalue weighted by Crippen LogP contribution is 2.28. The number of carbonyl (C=O) groups excluding carboxylic acids is 2. The number of carbonyl (C=O) groups is 2. The van der Waals surface area contributed by atoms with Gasteiger partial charge in [-0.25, -0.2) is 4.98 Å². The van der Waals surface area contributed by atoms with Gasteiger partial charge in [0.05, 0.1) is 17.6 Å². The van der Waals surface area contributed by atoms with Crippen LogP contribution in [0.1, 0.15) is 56.3 Å². The molecular formula is C25H23ClN4O2. The summed E-state index contributed by atoms with van der Waals surface area (Å²) in [6.07, 6.45) is 2.14. The SMILES string of the molecule is Cc1c(C(=O)Nc2ccc(Cl)c(Cn3c(C)nc4ccccc43)c2)[nH]c2c1C(=O)CCC2. The first-order valence-electron chi connectivity index (χ1n) is 10.7. The van der Waals surface area contributed by atoms with Crippen molar-refractivity contribution in [2.45, 2.75) is 39.7 Å². The molecule has 2 heterocycles. The quantitative estimate of drug-likeness (QED) is 0.437. The molecule has 2 aromatic carbocycles. The average Bonchev–Trinajstić information content (AvgIpc) is 3.28. The molecule has 0 unspecified atom stereocenters. The van der Waals surface area contributed by atoms with Crippen LogP contribution in [0.3, 0.4) is 0 Å². The van der Waals surface area contributed by atoms with Gasteiger partial charge < -0.3 is 14.9 Å². The number of rotatable bonds is 4. The normalized spacial score (nSPS) is 13.4. The second-order valence-corrected chi connectivity index (χ2v) is 8.66. The minimum absolute atomic E-state index is 0.107. The maximum atomic E-state index is 13.0. The Bertz CT molecular complexity index is 1380. The van der Waals surface area contributed by atoms with Gasteiger partial charge in [-0.3, -0.25) is 9.59 Å². The fraction of sp³-hybridized carbons (Fsp3) is 0.240. The molecule has 7 heteroatoms. The molecule has 0 saturated heterocycles. The van der Waals surface area contributed by atoms with Crippen LogP contribution in [0.15, 0.2) is 42.5 Å². The van der Waals surface area contributed by atoms with E-state index in [2.05, 4.69) is 19.9 Å². The van der Waals surface area contributed by atoms with Crippen molar-refractivity contribution >= 4 is 40.0 Å². The van der Waals surface area contributed by atoms with Crippen molar-refractivity contribution in [3.63, 3.8) is 0 Å². The van der Waals surface area contributed by atoms with Crippen LogP contribution < -0.4 is 5.32 Å². The summed E-state index contributed by atoms with van der Waals surface area (Å²) in [5, 5.41) is 3.58. The van der Waals surface area contributed by atoms with E-state index in [9.17, 15) is 9.59 Å². The van der Waals surface area contributed by atoms with Crippen LogP contribution in [0.5, 0.6) is 0 Å². The summed E-state index contributed by atoms with van der Waals surface area (Å²) >= 11 is 6.49. The zero-order valence-electron chi connectivity index (χ0n) is 18.0. The summed E-state index contributed by atoms with van der Waals surface area (Å²) in [6, 6.07) is 13.4. The zero-order valence-corrected chi connectivity index (χ0v) is 18.7. The Balaban J connectivity index is 1.43. The van der Waals surface area contributed by atoms with Crippen LogP contribution in [0, 0.1) is 13.8 Å². The molecule has 1 aliphatic carbocycles. The highest BCUT2D eigenvalue weighted by Gasteiger charge is 2.26. The van der Waals surface area contributed by atoms with Gasteiger partial charge in [0.1, 0.15) is 11.5 Å². The molecule has 6 nitrogen and oxygen atoms in total. The first-order valence-corrected chi connectivity index (χ1v) is 11.1. The van der Waals surface area contributed by atoms with Crippen molar-refractivity contribution in [3.05, 3.63) is 81.4 Å². The van der Waals surface area contributed by atoms with E-state index < -0.39 is 0 Å². The van der Waals surface area contributed by atoms with Crippen molar-refractivity contribution < 1.29 is 9.59 Å². The number of nitrogens with one attached hydrogen (secondary N) is 2. The Morgan fingerprint density at radius 1 is 1.19 bits per heavy atom. The Morgan fingerprint density at radius 3 is 2.81 bits per heavy atom. The molecule has 0 aliphatic heterocycles. The number of aryl methyl sites for hydroxylation is 2. The van der Waals surface area contributed by atoms with Crippen molar-refractivity contribution in [1.29, 1.82) is 0 Å². The molecule has 0 saturated carbocycles. The smallest absolute Gasteiger partial charge is 0.272 e. The van der Waals surface area contributed by atoms with E-state index in [1.165, 1.54) is 0 Å². The molecule has 5 rings (SSSR count). The minimum atomic E-state index is -0.262. The van der Waals surface area contributed by atoms with Crippen LogP contribution in [0.2, 0.25) is 5.02 Å². The predicted molar refractivity (Wildman–Crippen MR) is 126 cm³/mol. The summed E-state index contributed by atoms with van der Waals surface area (Å²) < 4.78 is 2.11. The van der Waals surface area contributed by atoms with E-state index >= 15 is 0 Å². The monoisotopic (exact) mass is 446 g/mol. The minimum Gasteiger partial charge on any atom is -0.354 e. The number of hydrogen-bond acceptors (Lipinski definition) is 3. The Hall–Kier alpha value is -3.38. The van der Waals surface area contributed by atoms with Crippen LogP contribution in [0.4, 0.5) is 5.69 Å². The number of halogens is 1. The van der Waals surface area contributed by atoms with E-state index in [1.807, 2.05) is 44.2 Å². The number of fused-ring (bicyclic) bond motifs is 2. The maximum Gasteiger partial charge on any atom is 0.272 e. The number of anilines is 1. The molecule has 2 aromatic heterocycles. The molecule has 0 radical (unpaired) electrons. The molecule has 1 aliphatic rings. The van der Waals surface area contributed by atoms with Gasteiger partial charge in [-0.15, -0.1) is 0 Å². The Labute approximate surface area is 190 Å². The van der Waals surface area contributed by atoms with E-state index in [4.69, 9.17) is 11.6 Å². The fourth-order valence-electron chi connectivity index (χ4n) is 4.53. The Morgan fingerprint density at radius 2 is 2.00 bits per heavy atom. The lowest BCUT2D eigenvalue weighted by molar-refractivity contribution is 0.0971. The van der Waals surface area contributed by atoms with Crippen LogP contribution in [-0.2, 0) is 13.0 Å². The number of Topliss-reactive ketones (excluding diaryl/α,β-unsaturated/α-hetero) is 1. The largest absolute Gasteiger partial charge is 0.354 e. The number of hydrogen-bond donors (Lipinski definition) is 2. The second kappa shape index (κ2) is 7.95. The van der Waals surface area contributed by atoms with E-state index in [0.29, 0.717) is 34.9 Å². The lowest BCUT2D eigenvalue weighted by atomic mass is 9.94. The van der Waals surface area contributed by atoms with Crippen molar-refractivity contribution in [3.8, 4) is 0 Å².